The van der Waals surface area contributed by atoms with Crippen molar-refractivity contribution >= 4 is 71.2 Å². The van der Waals surface area contributed by atoms with Gasteiger partial charge in [-0.3, -0.25) is 0 Å². The van der Waals surface area contributed by atoms with Crippen LogP contribution in [0.15, 0.2) is 218 Å². The highest BCUT2D eigenvalue weighted by Crippen LogP contribution is 2.45. The number of para-hydroxylation sites is 2. The van der Waals surface area contributed by atoms with Crippen molar-refractivity contribution < 1.29 is 0 Å². The Morgan fingerprint density at radius 1 is 0.339 bits per heavy atom. The fourth-order valence-electron chi connectivity index (χ4n) is 8.82. The van der Waals surface area contributed by atoms with Crippen LogP contribution in [0.1, 0.15) is 0 Å². The van der Waals surface area contributed by atoms with Crippen LogP contribution < -0.4 is 4.90 Å². The second-order valence-electron chi connectivity index (χ2n) is 14.5. The van der Waals surface area contributed by atoms with Gasteiger partial charge in [-0.25, -0.2) is 0 Å². The monoisotopic (exact) mass is 712 g/mol. The summed E-state index contributed by atoms with van der Waals surface area (Å²) in [6, 6.07) is 79.5. The van der Waals surface area contributed by atoms with E-state index in [1.54, 1.807) is 0 Å². The van der Waals surface area contributed by atoms with Gasteiger partial charge in [0.25, 0.3) is 0 Å². The second kappa shape index (κ2) is 13.2. The lowest BCUT2D eigenvalue weighted by Crippen LogP contribution is -2.10. The van der Waals surface area contributed by atoms with Crippen LogP contribution >= 0.6 is 0 Å². The van der Waals surface area contributed by atoms with Crippen LogP contribution in [-0.2, 0) is 0 Å². The highest BCUT2D eigenvalue weighted by atomic mass is 15.1. The van der Waals surface area contributed by atoms with Crippen molar-refractivity contribution in [3.8, 4) is 27.9 Å². The van der Waals surface area contributed by atoms with E-state index in [1.807, 2.05) is 0 Å². The molecule has 0 N–H and O–H groups in total. The molecular formula is C54H36N2. The maximum Gasteiger partial charge on any atom is 0.0625 e. The Morgan fingerprint density at radius 3 is 1.75 bits per heavy atom. The Hall–Kier alpha value is -7.42. The summed E-state index contributed by atoms with van der Waals surface area (Å²) in [5, 5.41) is 9.89. The number of aromatic nitrogens is 1. The van der Waals surface area contributed by atoms with E-state index in [2.05, 4.69) is 228 Å². The van der Waals surface area contributed by atoms with E-state index in [1.165, 1.54) is 76.4 Å². The molecular weight excluding hydrogens is 677 g/mol. The molecule has 0 aliphatic rings. The van der Waals surface area contributed by atoms with Gasteiger partial charge in [0.15, 0.2) is 0 Å². The van der Waals surface area contributed by atoms with Crippen molar-refractivity contribution in [1.29, 1.82) is 0 Å². The van der Waals surface area contributed by atoms with Crippen molar-refractivity contribution in [2.45, 2.75) is 0 Å². The summed E-state index contributed by atoms with van der Waals surface area (Å²) in [6.45, 7) is 0. The molecule has 0 saturated carbocycles. The van der Waals surface area contributed by atoms with Crippen LogP contribution in [0.2, 0.25) is 0 Å². The van der Waals surface area contributed by atoms with Gasteiger partial charge in [-0.05, 0) is 98.4 Å². The molecule has 2 heteroatoms. The van der Waals surface area contributed by atoms with Crippen molar-refractivity contribution in [1.82, 2.24) is 4.57 Å². The summed E-state index contributed by atoms with van der Waals surface area (Å²) >= 11 is 0. The van der Waals surface area contributed by atoms with E-state index in [0.717, 1.165) is 22.7 Å². The quantitative estimate of drug-likeness (QED) is 0.167. The Morgan fingerprint density at radius 2 is 0.946 bits per heavy atom. The second-order valence-corrected chi connectivity index (χ2v) is 14.5. The molecule has 0 amide bonds. The first-order valence-electron chi connectivity index (χ1n) is 19.3. The molecule has 11 rings (SSSR count). The van der Waals surface area contributed by atoms with Crippen molar-refractivity contribution in [2.75, 3.05) is 4.90 Å². The first-order valence-corrected chi connectivity index (χ1v) is 19.3. The zero-order chi connectivity index (χ0) is 37.0. The topological polar surface area (TPSA) is 8.17 Å². The lowest BCUT2D eigenvalue weighted by molar-refractivity contribution is 1.19. The standard InChI is InChI=1S/C54H36N2/c1-2-21-42(22-3-1)56-52-29-11-10-27-49(52)53-50(36-41-17-6-9-26-48(41)54(53)56)40-20-12-23-44(35-40)55(51-30-14-19-38-16-5-8-25-47(38)51)43-33-31-39(32-34-43)46-28-13-18-37-15-4-7-24-45(37)46/h1-36H. The molecule has 0 bridgehead atoms. The zero-order valence-electron chi connectivity index (χ0n) is 30.7. The predicted molar refractivity (Wildman–Crippen MR) is 239 cm³/mol. The van der Waals surface area contributed by atoms with Crippen LogP contribution in [0.25, 0.3) is 82.1 Å². The number of benzene rings is 10. The molecule has 0 aliphatic carbocycles. The Bertz CT molecular complexity index is 3240. The fraction of sp³-hybridized carbons (Fsp3) is 0. The first-order chi connectivity index (χ1) is 27.8. The average Bonchev–Trinajstić information content (AvgIpc) is 3.62. The highest BCUT2D eigenvalue weighted by molar-refractivity contribution is 6.24. The zero-order valence-corrected chi connectivity index (χ0v) is 30.7. The molecule has 1 aromatic heterocycles. The average molecular weight is 713 g/mol. The SMILES string of the molecule is c1ccc(-n2c3ccccc3c3c(-c4cccc(N(c5ccc(-c6cccc7ccccc67)cc5)c5cccc6ccccc56)c4)cc4ccccc4c32)cc1. The van der Waals surface area contributed by atoms with Gasteiger partial charge in [0.05, 0.1) is 16.7 Å². The molecule has 2 nitrogen and oxygen atoms in total. The van der Waals surface area contributed by atoms with Gasteiger partial charge in [0.1, 0.15) is 0 Å². The predicted octanol–water partition coefficient (Wildman–Crippen LogP) is 15.0. The summed E-state index contributed by atoms with van der Waals surface area (Å²) in [5.74, 6) is 0. The smallest absolute Gasteiger partial charge is 0.0625 e. The maximum atomic E-state index is 2.44. The van der Waals surface area contributed by atoms with E-state index >= 15 is 0 Å². The van der Waals surface area contributed by atoms with Gasteiger partial charge in [-0.1, -0.05) is 164 Å². The fourth-order valence-corrected chi connectivity index (χ4v) is 8.82. The summed E-state index contributed by atoms with van der Waals surface area (Å²) < 4.78 is 2.44. The third kappa shape index (κ3) is 5.19. The lowest BCUT2D eigenvalue weighted by atomic mass is 9.94. The number of anilines is 3. The number of fused-ring (bicyclic) bond motifs is 7. The summed E-state index contributed by atoms with van der Waals surface area (Å²) in [6.07, 6.45) is 0. The van der Waals surface area contributed by atoms with Crippen LogP contribution in [0.5, 0.6) is 0 Å². The summed E-state index contributed by atoms with van der Waals surface area (Å²) in [7, 11) is 0. The highest BCUT2D eigenvalue weighted by Gasteiger charge is 2.21. The molecule has 262 valence electrons. The third-order valence-electron chi connectivity index (χ3n) is 11.3. The molecule has 56 heavy (non-hydrogen) atoms. The molecule has 10 aromatic carbocycles. The van der Waals surface area contributed by atoms with Gasteiger partial charge >= 0.3 is 0 Å². The minimum atomic E-state index is 1.10. The number of hydrogen-bond donors (Lipinski definition) is 0. The van der Waals surface area contributed by atoms with E-state index < -0.39 is 0 Å². The first kappa shape index (κ1) is 32.0. The Kier molecular flexibility index (Phi) is 7.53. The molecule has 11 aromatic rings. The van der Waals surface area contributed by atoms with Gasteiger partial charge in [-0.2, -0.15) is 0 Å². The number of rotatable bonds is 6. The molecule has 0 fully saturated rings. The molecule has 0 radical (unpaired) electrons. The minimum Gasteiger partial charge on any atom is -0.310 e. The van der Waals surface area contributed by atoms with E-state index in [4.69, 9.17) is 0 Å². The van der Waals surface area contributed by atoms with Crippen LogP contribution in [0.3, 0.4) is 0 Å². The molecule has 0 atom stereocenters. The van der Waals surface area contributed by atoms with E-state index in [0.29, 0.717) is 0 Å². The largest absolute Gasteiger partial charge is 0.310 e. The van der Waals surface area contributed by atoms with Gasteiger partial charge in [0, 0.05) is 38.6 Å². The third-order valence-corrected chi connectivity index (χ3v) is 11.3. The number of hydrogen-bond acceptors (Lipinski definition) is 1. The Balaban J connectivity index is 1.14. The molecule has 0 saturated heterocycles. The van der Waals surface area contributed by atoms with E-state index in [-0.39, 0.29) is 0 Å². The van der Waals surface area contributed by atoms with Gasteiger partial charge in [-0.15, -0.1) is 0 Å². The minimum absolute atomic E-state index is 1.10. The van der Waals surface area contributed by atoms with Crippen molar-refractivity contribution in [3.05, 3.63) is 218 Å². The van der Waals surface area contributed by atoms with Crippen molar-refractivity contribution in [3.63, 3.8) is 0 Å². The summed E-state index contributed by atoms with van der Waals surface area (Å²) in [5.41, 5.74) is 11.8. The Labute approximate surface area is 325 Å². The summed E-state index contributed by atoms with van der Waals surface area (Å²) in [4.78, 5) is 2.42. The van der Waals surface area contributed by atoms with Crippen LogP contribution in [-0.4, -0.2) is 4.57 Å². The molecule has 0 spiro atoms. The number of nitrogens with zero attached hydrogens (tertiary/aromatic N) is 2. The molecule has 0 aliphatic heterocycles. The van der Waals surface area contributed by atoms with E-state index in [9.17, 15) is 0 Å². The molecule has 0 unspecified atom stereocenters. The van der Waals surface area contributed by atoms with Crippen molar-refractivity contribution in [2.24, 2.45) is 0 Å². The lowest BCUT2D eigenvalue weighted by Gasteiger charge is -2.27. The van der Waals surface area contributed by atoms with Gasteiger partial charge in [0.2, 0.25) is 0 Å². The van der Waals surface area contributed by atoms with Crippen LogP contribution in [0, 0.1) is 0 Å². The van der Waals surface area contributed by atoms with Gasteiger partial charge < -0.3 is 9.47 Å². The maximum absolute atomic E-state index is 2.44. The normalized spacial score (nSPS) is 11.6. The van der Waals surface area contributed by atoms with Crippen LogP contribution in [0.4, 0.5) is 17.1 Å². The molecule has 1 heterocycles.